The van der Waals surface area contributed by atoms with Gasteiger partial charge in [0.15, 0.2) is 0 Å². The van der Waals surface area contributed by atoms with Crippen LogP contribution in [0.1, 0.15) is 71.6 Å². The summed E-state index contributed by atoms with van der Waals surface area (Å²) in [6, 6.07) is 30.8. The summed E-state index contributed by atoms with van der Waals surface area (Å²) in [5, 5.41) is 81.3. The summed E-state index contributed by atoms with van der Waals surface area (Å²) in [4.78, 5) is 105. The fraction of sp³-hybridized carbons (Fsp3) is 0.312. The summed E-state index contributed by atoms with van der Waals surface area (Å²) in [5.74, 6) is -2.49. The molecule has 0 radical (unpaired) electrons. The van der Waals surface area contributed by atoms with Gasteiger partial charge in [0.2, 0.25) is 11.8 Å². The topological polar surface area (TPSA) is 424 Å². The largest absolute Gasteiger partial charge is 0.464 e. The number of ether oxygens (including phenoxy) is 4. The molecule has 34 heteroatoms. The van der Waals surface area contributed by atoms with Crippen LogP contribution in [-0.2, 0) is 47.7 Å². The minimum absolute atomic E-state index is 0.0223. The second kappa shape index (κ2) is 40.4. The van der Waals surface area contributed by atoms with E-state index in [0.29, 0.717) is 60.3 Å². The molecule has 514 valence electrons. The number of non-ortho nitro benzene ring substituents is 3. The maximum Gasteiger partial charge on any atom is 0.302 e. The van der Waals surface area contributed by atoms with E-state index in [1.165, 1.54) is 70.2 Å². The highest BCUT2D eigenvalue weighted by Gasteiger charge is 2.18. The second-order valence-corrected chi connectivity index (χ2v) is 20.8. The highest BCUT2D eigenvalue weighted by atomic mass is 35.5. The predicted octanol–water partition coefficient (Wildman–Crippen LogP) is 14.0. The van der Waals surface area contributed by atoms with E-state index in [-0.39, 0.29) is 107 Å². The van der Waals surface area contributed by atoms with Crippen LogP contribution in [0.2, 0.25) is 5.02 Å². The molecule has 2 amide bonds. The number of azo groups is 3. The number of nitriles is 2. The third kappa shape index (κ3) is 26.1. The van der Waals surface area contributed by atoms with Gasteiger partial charge in [0.05, 0.1) is 74.2 Å². The summed E-state index contributed by atoms with van der Waals surface area (Å²) in [7, 11) is 0. The Balaban J connectivity index is 0.000000314. The zero-order valence-corrected chi connectivity index (χ0v) is 55.9. The van der Waals surface area contributed by atoms with Crippen molar-refractivity contribution in [1.82, 2.24) is 0 Å². The van der Waals surface area contributed by atoms with Crippen LogP contribution in [-0.4, -0.2) is 122 Å². The fourth-order valence-corrected chi connectivity index (χ4v) is 8.64. The molecule has 0 aromatic heterocycles. The minimum atomic E-state index is -0.590. The average Bonchev–Trinajstić information content (AvgIpc) is 0.864. The van der Waals surface area contributed by atoms with Crippen LogP contribution in [0.15, 0.2) is 140 Å². The smallest absolute Gasteiger partial charge is 0.302 e. The Morgan fingerprint density at radius 3 is 1.14 bits per heavy atom. The van der Waals surface area contributed by atoms with E-state index in [0.717, 1.165) is 42.2 Å². The number of alkyl halides is 1. The number of carbonyl (C=O) groups is 6. The van der Waals surface area contributed by atoms with E-state index in [4.69, 9.17) is 42.1 Å². The molecular formula is C64H68Cl2N16O16. The first kappa shape index (κ1) is 78.5. The molecule has 0 heterocycles. The number of aryl methyl sites for hydroxylation is 1. The molecule has 6 aromatic carbocycles. The van der Waals surface area contributed by atoms with Gasteiger partial charge in [-0.15, -0.1) is 37.2 Å². The molecule has 6 rings (SSSR count). The number of nitrogens with one attached hydrogen (secondary N) is 2. The van der Waals surface area contributed by atoms with Crippen LogP contribution in [0.3, 0.4) is 0 Å². The number of hydrogen-bond acceptors (Lipinski definition) is 27. The van der Waals surface area contributed by atoms with Crippen molar-refractivity contribution in [1.29, 1.82) is 10.5 Å². The van der Waals surface area contributed by atoms with Crippen molar-refractivity contribution in [2.24, 2.45) is 30.7 Å². The quantitative estimate of drug-likeness (QED) is 0.0106. The van der Waals surface area contributed by atoms with Gasteiger partial charge < -0.3 is 44.3 Å². The van der Waals surface area contributed by atoms with Crippen molar-refractivity contribution in [2.45, 2.75) is 61.8 Å². The lowest BCUT2D eigenvalue weighted by Gasteiger charge is -2.25. The molecule has 0 bridgehead atoms. The summed E-state index contributed by atoms with van der Waals surface area (Å²) >= 11 is 11.7. The molecule has 0 aliphatic heterocycles. The molecule has 32 nitrogen and oxygen atoms in total. The van der Waals surface area contributed by atoms with E-state index in [1.54, 1.807) is 49.4 Å². The predicted molar refractivity (Wildman–Crippen MR) is 363 cm³/mol. The third-order valence-electron chi connectivity index (χ3n) is 13.2. The lowest BCUT2D eigenvalue weighted by atomic mass is 10.1. The van der Waals surface area contributed by atoms with E-state index >= 15 is 0 Å². The molecule has 0 saturated heterocycles. The van der Waals surface area contributed by atoms with E-state index in [2.05, 4.69) is 46.2 Å². The van der Waals surface area contributed by atoms with Gasteiger partial charge in [0, 0.05) is 101 Å². The number of halogens is 2. The molecule has 0 fully saturated rings. The number of rotatable bonds is 30. The van der Waals surface area contributed by atoms with Crippen LogP contribution in [0.5, 0.6) is 0 Å². The van der Waals surface area contributed by atoms with Crippen molar-refractivity contribution in [2.75, 3.05) is 96.9 Å². The number of nitro groups is 3. The number of carbonyl (C=O) groups excluding carboxylic acids is 6. The SMILES string of the molecule is CC(=O)OCCN(CCOC(C)=O)c1ccc(N=Nc2ccc([N+](=O)[O-])cc2C#N)c(C)c1.CCC(=O)Nc1cc(N(CCOC(C)=O)CCOC(C)=O)ccc1N=Nc1ccc([N+](=O)[O-])cc1Cl.CCN(CC)c1ccc(N=Nc2ccc([N+](=O)[O-])cc2C#N)c(NC(=O)CCl)c1. The highest BCUT2D eigenvalue weighted by Crippen LogP contribution is 2.37. The number of nitrogens with zero attached hydrogens (tertiary/aromatic N) is 14. The van der Waals surface area contributed by atoms with Gasteiger partial charge in [0.25, 0.3) is 17.1 Å². The maximum absolute atomic E-state index is 12.1. The first-order chi connectivity index (χ1) is 46.7. The van der Waals surface area contributed by atoms with E-state index in [1.807, 2.05) is 54.8 Å². The lowest BCUT2D eigenvalue weighted by molar-refractivity contribution is -0.385. The van der Waals surface area contributed by atoms with Crippen LogP contribution in [0.4, 0.5) is 79.6 Å². The monoisotopic (exact) mass is 1390 g/mol. The van der Waals surface area contributed by atoms with Crippen molar-refractivity contribution >= 4 is 139 Å². The summed E-state index contributed by atoms with van der Waals surface area (Å²) in [6.45, 7) is 16.4. The highest BCUT2D eigenvalue weighted by molar-refractivity contribution is 6.33. The Labute approximate surface area is 571 Å². The number of anilines is 5. The Morgan fingerprint density at radius 1 is 0.469 bits per heavy atom. The van der Waals surface area contributed by atoms with Crippen molar-refractivity contribution in [3.8, 4) is 12.1 Å². The van der Waals surface area contributed by atoms with Gasteiger partial charge >= 0.3 is 23.9 Å². The third-order valence-corrected chi connectivity index (χ3v) is 13.8. The standard InChI is InChI=1S/C23H26ClN5O7.C22H23N5O6.C19H19ClN6O3/c1-4-23(32)25-22-14-17(28(9-11-35-15(2)30)10-12-36-16(3)31)5-8-21(22)27-26-20-7-6-18(29(33)34)13-19(20)24;1-15-12-19(26(8-10-32-16(2)28)9-11-33-17(3)29)4-6-21(15)24-25-22-7-5-20(27(30)31)13-18(22)14-23;1-3-25(4-2)14-5-8-17(18(10-14)22-19(27)11-20)24-23-16-7-6-15(26(28)29)9-13(16)12-21/h5-8,13-14H,4,9-12H2,1-3H3,(H,25,32);4-7,12-13H,8-11H2,1-3H3;5-10H,3-4,11H2,1-2H3,(H,22,27). The Morgan fingerprint density at radius 2 is 0.796 bits per heavy atom. The van der Waals surface area contributed by atoms with Crippen molar-refractivity contribution in [3.05, 3.63) is 161 Å². The van der Waals surface area contributed by atoms with Gasteiger partial charge in [-0.3, -0.25) is 59.1 Å². The van der Waals surface area contributed by atoms with Crippen LogP contribution in [0, 0.1) is 59.9 Å². The Kier molecular flexibility index (Phi) is 32.4. The summed E-state index contributed by atoms with van der Waals surface area (Å²) < 4.78 is 20.1. The fourth-order valence-electron chi connectivity index (χ4n) is 8.36. The van der Waals surface area contributed by atoms with Crippen molar-refractivity contribution < 1.29 is 62.5 Å². The van der Waals surface area contributed by atoms with Gasteiger partial charge in [-0.1, -0.05) is 18.5 Å². The van der Waals surface area contributed by atoms with Gasteiger partial charge in [0.1, 0.15) is 72.9 Å². The molecule has 0 unspecified atom stereocenters. The van der Waals surface area contributed by atoms with Gasteiger partial charge in [-0.05, 0) is 99.1 Å². The second-order valence-electron chi connectivity index (χ2n) is 20.1. The lowest BCUT2D eigenvalue weighted by Crippen LogP contribution is -2.32. The first-order valence-electron chi connectivity index (χ1n) is 29.6. The number of nitro benzene ring substituents is 3. The first-order valence-corrected chi connectivity index (χ1v) is 30.5. The molecule has 2 N–H and O–H groups in total. The van der Waals surface area contributed by atoms with Crippen LogP contribution < -0.4 is 25.3 Å². The zero-order valence-electron chi connectivity index (χ0n) is 54.4. The molecule has 0 aliphatic rings. The number of amides is 2. The summed E-state index contributed by atoms with van der Waals surface area (Å²) in [5.41, 5.74) is 5.21. The number of esters is 4. The Bertz CT molecular complexity index is 4020. The average molecular weight is 1390 g/mol. The molecule has 0 aliphatic carbocycles. The zero-order chi connectivity index (χ0) is 72.4. The summed E-state index contributed by atoms with van der Waals surface area (Å²) in [6.07, 6.45) is 0.220. The van der Waals surface area contributed by atoms with Gasteiger partial charge in [-0.25, -0.2) is 0 Å². The van der Waals surface area contributed by atoms with E-state index in [9.17, 15) is 69.6 Å². The molecule has 0 spiro atoms. The number of hydrogen-bond donors (Lipinski definition) is 2. The molecule has 6 aromatic rings. The molecule has 98 heavy (non-hydrogen) atoms. The van der Waals surface area contributed by atoms with E-state index < -0.39 is 32.6 Å². The van der Waals surface area contributed by atoms with Gasteiger partial charge in [-0.2, -0.15) is 15.6 Å². The maximum atomic E-state index is 12.1. The van der Waals surface area contributed by atoms with Crippen LogP contribution in [0.25, 0.3) is 0 Å². The molecule has 0 atom stereocenters. The Hall–Kier alpha value is -11.9. The van der Waals surface area contributed by atoms with Crippen molar-refractivity contribution in [3.63, 3.8) is 0 Å². The molecule has 0 saturated carbocycles. The molecular weight excluding hydrogens is 1320 g/mol. The van der Waals surface area contributed by atoms with Crippen LogP contribution >= 0.6 is 23.2 Å². The normalized spacial score (nSPS) is 10.6. The minimum Gasteiger partial charge on any atom is -0.464 e. The number of benzene rings is 6.